The van der Waals surface area contributed by atoms with Crippen LogP contribution in [0.3, 0.4) is 0 Å². The normalized spacial score (nSPS) is 13.7. The lowest BCUT2D eigenvalue weighted by atomic mass is 10.1. The maximum Gasteiger partial charge on any atom is 0.387 e. The van der Waals surface area contributed by atoms with Gasteiger partial charge in [-0.2, -0.15) is 13.9 Å². The Balaban J connectivity index is 1.77. The highest BCUT2D eigenvalue weighted by Gasteiger charge is 2.18. The van der Waals surface area contributed by atoms with Crippen molar-refractivity contribution in [3.05, 3.63) is 70.9 Å². The number of benzene rings is 2. The maximum atomic E-state index is 12.7. The van der Waals surface area contributed by atoms with Crippen molar-refractivity contribution >= 4 is 29.1 Å². The number of thiazole rings is 1. The van der Waals surface area contributed by atoms with E-state index in [1.807, 2.05) is 11.4 Å². The molecule has 10 heteroatoms. The van der Waals surface area contributed by atoms with Gasteiger partial charge in [0.15, 0.2) is 6.61 Å². The second kappa shape index (κ2) is 9.56. The Kier molecular flexibility index (Phi) is 6.41. The first kappa shape index (κ1) is 21.4. The van der Waals surface area contributed by atoms with Crippen molar-refractivity contribution in [1.29, 1.82) is 0 Å². The molecule has 0 bridgehead atoms. The molecule has 1 aromatic heterocycles. The molecule has 4 rings (SSSR count). The van der Waals surface area contributed by atoms with Gasteiger partial charge in [-0.15, -0.1) is 17.9 Å². The van der Waals surface area contributed by atoms with Crippen molar-refractivity contribution < 1.29 is 23.0 Å². The lowest BCUT2D eigenvalue weighted by Gasteiger charge is -2.18. The van der Waals surface area contributed by atoms with Crippen LogP contribution in [0.15, 0.2) is 70.6 Å². The first-order valence-electron chi connectivity index (χ1n) is 9.52. The van der Waals surface area contributed by atoms with E-state index >= 15 is 0 Å². The van der Waals surface area contributed by atoms with E-state index in [9.17, 15) is 13.6 Å². The molecule has 0 saturated carbocycles. The van der Waals surface area contributed by atoms with Crippen LogP contribution in [0.25, 0.3) is 11.3 Å². The number of ether oxygens (including phenoxy) is 2. The number of alkyl halides is 2. The predicted octanol–water partition coefficient (Wildman–Crippen LogP) is 4.12. The largest absolute Gasteiger partial charge is 0.482 e. The van der Waals surface area contributed by atoms with Gasteiger partial charge in [0.25, 0.3) is 5.91 Å². The lowest BCUT2D eigenvalue weighted by molar-refractivity contribution is -0.118. The second-order valence-electron chi connectivity index (χ2n) is 6.55. The standard InChI is InChI=1S/C22H18F2N4O3S/c1-2-9-25-22-28(26-11-15-5-3-4-6-18(15)31-21(23)24)17(13-32-22)14-7-8-19-16(10-14)27-20(29)12-30-19/h2-8,10-11,13,21H,1,9,12H2,(H,27,29)/b25-22?,26-11-. The highest BCUT2D eigenvalue weighted by Crippen LogP contribution is 2.33. The van der Waals surface area contributed by atoms with Crippen LogP contribution in [-0.4, -0.2) is 36.6 Å². The molecule has 0 atom stereocenters. The van der Waals surface area contributed by atoms with Crippen molar-refractivity contribution in [2.24, 2.45) is 10.1 Å². The first-order valence-corrected chi connectivity index (χ1v) is 10.4. The second-order valence-corrected chi connectivity index (χ2v) is 7.39. The fourth-order valence-electron chi connectivity index (χ4n) is 3.01. The van der Waals surface area contributed by atoms with Gasteiger partial charge in [-0.1, -0.05) is 18.2 Å². The molecule has 164 valence electrons. The molecular formula is C22H18F2N4O3S. The molecule has 0 saturated heterocycles. The van der Waals surface area contributed by atoms with Crippen molar-refractivity contribution in [3.63, 3.8) is 0 Å². The third kappa shape index (κ3) is 4.75. The third-order valence-electron chi connectivity index (χ3n) is 4.40. The zero-order valence-electron chi connectivity index (χ0n) is 16.7. The molecule has 7 nitrogen and oxygen atoms in total. The van der Waals surface area contributed by atoms with Crippen molar-refractivity contribution in [2.75, 3.05) is 18.5 Å². The van der Waals surface area contributed by atoms with Crippen molar-refractivity contribution in [1.82, 2.24) is 4.68 Å². The van der Waals surface area contributed by atoms with Crippen LogP contribution in [0.2, 0.25) is 0 Å². The smallest absolute Gasteiger partial charge is 0.387 e. The monoisotopic (exact) mass is 456 g/mol. The van der Waals surface area contributed by atoms with Gasteiger partial charge in [0.1, 0.15) is 11.5 Å². The number of amides is 1. The molecule has 1 N–H and O–H groups in total. The average molecular weight is 456 g/mol. The highest BCUT2D eigenvalue weighted by molar-refractivity contribution is 7.07. The minimum Gasteiger partial charge on any atom is -0.482 e. The molecule has 0 fully saturated rings. The Bertz CT molecular complexity index is 1250. The summed E-state index contributed by atoms with van der Waals surface area (Å²) in [6, 6.07) is 11.8. The van der Waals surface area contributed by atoms with Crippen LogP contribution in [0, 0.1) is 0 Å². The highest BCUT2D eigenvalue weighted by atomic mass is 32.1. The molecule has 32 heavy (non-hydrogen) atoms. The minimum atomic E-state index is -2.94. The summed E-state index contributed by atoms with van der Waals surface area (Å²) < 4.78 is 37.1. The molecule has 3 aromatic rings. The van der Waals surface area contributed by atoms with Crippen LogP contribution >= 0.6 is 11.3 Å². The van der Waals surface area contributed by atoms with Crippen LogP contribution in [0.4, 0.5) is 14.5 Å². The summed E-state index contributed by atoms with van der Waals surface area (Å²) in [5.41, 5.74) is 2.41. The van der Waals surface area contributed by atoms with Gasteiger partial charge < -0.3 is 14.8 Å². The average Bonchev–Trinajstić information content (AvgIpc) is 3.18. The number of hydrogen-bond acceptors (Lipinski definition) is 6. The zero-order valence-corrected chi connectivity index (χ0v) is 17.5. The van der Waals surface area contributed by atoms with E-state index < -0.39 is 6.61 Å². The molecule has 0 aliphatic carbocycles. The topological polar surface area (TPSA) is 77.2 Å². The molecule has 2 aromatic carbocycles. The number of nitrogens with zero attached hydrogens (tertiary/aromatic N) is 3. The Morgan fingerprint density at radius 3 is 2.97 bits per heavy atom. The number of anilines is 1. The fraction of sp³-hybridized carbons (Fsp3) is 0.136. The number of aromatic nitrogens is 1. The minimum absolute atomic E-state index is 0.0156. The molecular weight excluding hydrogens is 438 g/mol. The Hall–Kier alpha value is -3.79. The van der Waals surface area contributed by atoms with E-state index in [2.05, 4.69) is 26.7 Å². The van der Waals surface area contributed by atoms with Gasteiger partial charge in [-0.3, -0.25) is 9.79 Å². The number of para-hydroxylation sites is 1. The van der Waals surface area contributed by atoms with Crippen molar-refractivity contribution in [3.8, 4) is 22.8 Å². The summed E-state index contributed by atoms with van der Waals surface area (Å²) >= 11 is 1.36. The van der Waals surface area contributed by atoms with E-state index in [-0.39, 0.29) is 18.3 Å². The number of nitrogens with one attached hydrogen (secondary N) is 1. The maximum absolute atomic E-state index is 12.7. The Morgan fingerprint density at radius 1 is 1.31 bits per heavy atom. The number of hydrogen-bond donors (Lipinski definition) is 1. The Labute approximate surface area is 186 Å². The summed E-state index contributed by atoms with van der Waals surface area (Å²) in [6.07, 6.45) is 3.09. The lowest BCUT2D eigenvalue weighted by Crippen LogP contribution is -2.25. The van der Waals surface area contributed by atoms with E-state index in [0.717, 1.165) is 5.56 Å². The molecule has 0 unspecified atom stereocenters. The molecule has 2 heterocycles. The van der Waals surface area contributed by atoms with E-state index in [0.29, 0.717) is 34.0 Å². The van der Waals surface area contributed by atoms with E-state index in [1.54, 1.807) is 41.1 Å². The van der Waals surface area contributed by atoms with Crippen LogP contribution in [0.5, 0.6) is 11.5 Å². The summed E-state index contributed by atoms with van der Waals surface area (Å²) in [6.45, 7) is 1.09. The zero-order chi connectivity index (χ0) is 22.5. The fourth-order valence-corrected chi connectivity index (χ4v) is 3.86. The first-order chi connectivity index (χ1) is 15.5. The third-order valence-corrected chi connectivity index (χ3v) is 5.25. The number of rotatable bonds is 7. The number of fused-ring (bicyclic) bond motifs is 1. The summed E-state index contributed by atoms with van der Waals surface area (Å²) in [5.74, 6) is 0.360. The quantitative estimate of drug-likeness (QED) is 0.429. The predicted molar refractivity (Wildman–Crippen MR) is 119 cm³/mol. The number of carbonyl (C=O) groups is 1. The number of carbonyl (C=O) groups excluding carboxylic acids is 1. The SMILES string of the molecule is C=CCN=c1scc(-c2ccc3c(c2)NC(=O)CO3)n1/N=C\c1ccccc1OC(F)F. The molecule has 0 spiro atoms. The summed E-state index contributed by atoms with van der Waals surface area (Å²) in [4.78, 5) is 16.7. The van der Waals surface area contributed by atoms with Crippen LogP contribution in [0.1, 0.15) is 5.56 Å². The molecule has 1 amide bonds. The van der Waals surface area contributed by atoms with Gasteiger partial charge in [0.05, 0.1) is 24.1 Å². The van der Waals surface area contributed by atoms with Crippen LogP contribution in [-0.2, 0) is 4.79 Å². The molecule has 0 radical (unpaired) electrons. The summed E-state index contributed by atoms with van der Waals surface area (Å²) in [7, 11) is 0. The molecule has 1 aliphatic rings. The van der Waals surface area contributed by atoms with Gasteiger partial charge in [-0.05, 0) is 30.3 Å². The van der Waals surface area contributed by atoms with E-state index in [1.165, 1.54) is 23.6 Å². The number of halogens is 2. The summed E-state index contributed by atoms with van der Waals surface area (Å²) in [5, 5.41) is 9.14. The Morgan fingerprint density at radius 2 is 2.16 bits per heavy atom. The van der Waals surface area contributed by atoms with Crippen LogP contribution < -0.4 is 19.6 Å². The van der Waals surface area contributed by atoms with Gasteiger partial charge >= 0.3 is 6.61 Å². The van der Waals surface area contributed by atoms with Gasteiger partial charge in [-0.25, -0.2) is 4.68 Å². The van der Waals surface area contributed by atoms with Crippen molar-refractivity contribution in [2.45, 2.75) is 6.61 Å². The van der Waals surface area contributed by atoms with Gasteiger partial charge in [0, 0.05) is 16.5 Å². The molecule has 1 aliphatic heterocycles. The van der Waals surface area contributed by atoms with E-state index in [4.69, 9.17) is 4.74 Å². The van der Waals surface area contributed by atoms with Gasteiger partial charge in [0.2, 0.25) is 4.80 Å².